The van der Waals surface area contributed by atoms with Crippen molar-refractivity contribution in [2.24, 2.45) is 0 Å². The number of aromatic nitrogens is 4. The van der Waals surface area contributed by atoms with Gasteiger partial charge in [0.25, 0.3) is 0 Å². The maximum atomic E-state index is 12.5. The number of carbonyl (C=O) groups excluding carboxylic acids is 1. The summed E-state index contributed by atoms with van der Waals surface area (Å²) in [4.78, 5) is 15.2. The summed E-state index contributed by atoms with van der Waals surface area (Å²) in [5.41, 5.74) is 1.49. The third kappa shape index (κ3) is 5.24. The van der Waals surface area contributed by atoms with E-state index in [1.165, 1.54) is 22.9 Å². The first kappa shape index (κ1) is 20.2. The SMILES string of the molecule is COc1cc(CN(C)C(=O)Cn2nnc(-c3ccccc3)n2)ccc1OC(F)F. The fourth-order valence-electron chi connectivity index (χ4n) is 2.62. The Morgan fingerprint density at radius 1 is 1.17 bits per heavy atom. The summed E-state index contributed by atoms with van der Waals surface area (Å²) in [5, 5.41) is 12.1. The van der Waals surface area contributed by atoms with Crippen molar-refractivity contribution in [2.45, 2.75) is 19.7 Å². The predicted octanol–water partition coefficient (Wildman–Crippen LogP) is 2.61. The largest absolute Gasteiger partial charge is 0.493 e. The molecule has 29 heavy (non-hydrogen) atoms. The number of nitrogens with zero attached hydrogens (tertiary/aromatic N) is 5. The van der Waals surface area contributed by atoms with E-state index in [9.17, 15) is 13.6 Å². The summed E-state index contributed by atoms with van der Waals surface area (Å²) >= 11 is 0. The maximum Gasteiger partial charge on any atom is 0.387 e. The number of alkyl halides is 2. The molecule has 0 bridgehead atoms. The number of methoxy groups -OCH3 is 1. The minimum Gasteiger partial charge on any atom is -0.493 e. The van der Waals surface area contributed by atoms with Crippen LogP contribution in [0.4, 0.5) is 8.78 Å². The van der Waals surface area contributed by atoms with Crippen LogP contribution in [0.2, 0.25) is 0 Å². The maximum absolute atomic E-state index is 12.5. The summed E-state index contributed by atoms with van der Waals surface area (Å²) in [6, 6.07) is 13.8. The number of hydrogen-bond donors (Lipinski definition) is 0. The van der Waals surface area contributed by atoms with Crippen LogP contribution in [0.25, 0.3) is 11.4 Å². The van der Waals surface area contributed by atoms with Crippen LogP contribution in [0.3, 0.4) is 0 Å². The molecule has 0 aliphatic carbocycles. The topological polar surface area (TPSA) is 82.4 Å². The molecule has 0 fully saturated rings. The van der Waals surface area contributed by atoms with E-state index in [0.29, 0.717) is 11.4 Å². The molecule has 8 nitrogen and oxygen atoms in total. The molecule has 0 atom stereocenters. The van der Waals surface area contributed by atoms with E-state index in [1.54, 1.807) is 19.2 Å². The molecule has 0 aliphatic heterocycles. The van der Waals surface area contributed by atoms with Crippen LogP contribution in [-0.2, 0) is 17.9 Å². The van der Waals surface area contributed by atoms with Gasteiger partial charge >= 0.3 is 6.61 Å². The zero-order valence-electron chi connectivity index (χ0n) is 15.8. The van der Waals surface area contributed by atoms with Gasteiger partial charge < -0.3 is 14.4 Å². The second-order valence-electron chi connectivity index (χ2n) is 6.12. The van der Waals surface area contributed by atoms with Gasteiger partial charge in [0.15, 0.2) is 11.5 Å². The van der Waals surface area contributed by atoms with E-state index >= 15 is 0 Å². The zero-order valence-corrected chi connectivity index (χ0v) is 15.8. The smallest absolute Gasteiger partial charge is 0.387 e. The fourth-order valence-corrected chi connectivity index (χ4v) is 2.62. The molecule has 0 saturated carbocycles. The molecule has 0 unspecified atom stereocenters. The minimum absolute atomic E-state index is 0.0690. The van der Waals surface area contributed by atoms with Gasteiger partial charge in [-0.3, -0.25) is 4.79 Å². The van der Waals surface area contributed by atoms with Crippen molar-refractivity contribution in [3.8, 4) is 22.9 Å². The van der Waals surface area contributed by atoms with E-state index < -0.39 is 6.61 Å². The van der Waals surface area contributed by atoms with Gasteiger partial charge in [-0.15, -0.1) is 10.2 Å². The lowest BCUT2D eigenvalue weighted by molar-refractivity contribution is -0.131. The molecule has 152 valence electrons. The molecule has 2 aromatic carbocycles. The Morgan fingerprint density at radius 2 is 1.93 bits per heavy atom. The number of ether oxygens (including phenoxy) is 2. The Bertz CT molecular complexity index is 965. The van der Waals surface area contributed by atoms with Gasteiger partial charge in [0.2, 0.25) is 11.7 Å². The van der Waals surface area contributed by atoms with E-state index in [0.717, 1.165) is 5.56 Å². The molecule has 0 spiro atoms. The van der Waals surface area contributed by atoms with Crippen LogP contribution >= 0.6 is 0 Å². The van der Waals surface area contributed by atoms with Crippen molar-refractivity contribution in [1.82, 2.24) is 25.1 Å². The average Bonchev–Trinajstić information content (AvgIpc) is 3.17. The number of carbonyl (C=O) groups is 1. The average molecular weight is 403 g/mol. The number of tetrazole rings is 1. The zero-order chi connectivity index (χ0) is 20.8. The van der Waals surface area contributed by atoms with Crippen LogP contribution in [0.1, 0.15) is 5.56 Å². The molecule has 3 aromatic rings. The van der Waals surface area contributed by atoms with Crippen LogP contribution in [0, 0.1) is 0 Å². The van der Waals surface area contributed by atoms with Crippen molar-refractivity contribution in [3.63, 3.8) is 0 Å². The lowest BCUT2D eigenvalue weighted by atomic mass is 10.2. The van der Waals surface area contributed by atoms with Crippen molar-refractivity contribution < 1.29 is 23.0 Å². The van der Waals surface area contributed by atoms with Crippen molar-refractivity contribution in [1.29, 1.82) is 0 Å². The first-order chi connectivity index (χ1) is 14.0. The number of benzene rings is 2. The summed E-state index contributed by atoms with van der Waals surface area (Å²) in [6.45, 7) is -2.79. The van der Waals surface area contributed by atoms with Crippen LogP contribution < -0.4 is 9.47 Å². The summed E-state index contributed by atoms with van der Waals surface area (Å²) in [7, 11) is 2.97. The molecule has 3 rings (SSSR count). The fraction of sp³-hybridized carbons (Fsp3) is 0.263. The first-order valence-electron chi connectivity index (χ1n) is 8.65. The highest BCUT2D eigenvalue weighted by molar-refractivity contribution is 5.75. The van der Waals surface area contributed by atoms with Crippen molar-refractivity contribution >= 4 is 5.91 Å². The number of rotatable bonds is 8. The molecule has 1 amide bonds. The molecule has 0 N–H and O–H groups in total. The minimum atomic E-state index is -2.95. The highest BCUT2D eigenvalue weighted by Gasteiger charge is 2.15. The summed E-state index contributed by atoms with van der Waals surface area (Å²) in [6.07, 6.45) is 0. The van der Waals surface area contributed by atoms with Gasteiger partial charge in [-0.25, -0.2) is 0 Å². The third-order valence-corrected chi connectivity index (χ3v) is 4.05. The quantitative estimate of drug-likeness (QED) is 0.575. The normalized spacial score (nSPS) is 10.8. The summed E-state index contributed by atoms with van der Waals surface area (Å²) < 4.78 is 34.3. The molecule has 1 heterocycles. The Kier molecular flexibility index (Phi) is 6.32. The highest BCUT2D eigenvalue weighted by Crippen LogP contribution is 2.29. The molecule has 10 heteroatoms. The van der Waals surface area contributed by atoms with E-state index in [1.807, 2.05) is 30.3 Å². The Hall–Kier alpha value is -3.56. The van der Waals surface area contributed by atoms with E-state index in [2.05, 4.69) is 20.1 Å². The molecule has 0 aliphatic rings. The van der Waals surface area contributed by atoms with E-state index in [4.69, 9.17) is 4.74 Å². The number of amides is 1. The van der Waals surface area contributed by atoms with Gasteiger partial charge in [0.1, 0.15) is 6.54 Å². The third-order valence-electron chi connectivity index (χ3n) is 4.05. The standard InChI is InChI=1S/C19H19F2N5O3/c1-25(11-13-8-9-15(29-19(20)21)16(10-13)28-2)17(27)12-26-23-18(22-24-26)14-6-4-3-5-7-14/h3-10,19H,11-12H2,1-2H3. The van der Waals surface area contributed by atoms with Crippen LogP contribution in [-0.4, -0.2) is 51.8 Å². The summed E-state index contributed by atoms with van der Waals surface area (Å²) in [5.74, 6) is 0.281. The lowest BCUT2D eigenvalue weighted by Gasteiger charge is -2.18. The van der Waals surface area contributed by atoms with E-state index in [-0.39, 0.29) is 30.5 Å². The highest BCUT2D eigenvalue weighted by atomic mass is 19.3. The second kappa shape index (κ2) is 9.09. The molecular weight excluding hydrogens is 384 g/mol. The van der Waals surface area contributed by atoms with Gasteiger partial charge in [-0.05, 0) is 22.9 Å². The molecular formula is C19H19F2N5O3. The lowest BCUT2D eigenvalue weighted by Crippen LogP contribution is -2.30. The van der Waals surface area contributed by atoms with Gasteiger partial charge in [0, 0.05) is 19.2 Å². The second-order valence-corrected chi connectivity index (χ2v) is 6.12. The van der Waals surface area contributed by atoms with Crippen molar-refractivity contribution in [2.75, 3.05) is 14.2 Å². The van der Waals surface area contributed by atoms with Crippen LogP contribution in [0.15, 0.2) is 48.5 Å². The predicted molar refractivity (Wildman–Crippen MR) is 99.4 cm³/mol. The van der Waals surface area contributed by atoms with Gasteiger partial charge in [-0.1, -0.05) is 36.4 Å². The Labute approximate surface area is 165 Å². The first-order valence-corrected chi connectivity index (χ1v) is 8.65. The Balaban J connectivity index is 1.63. The monoisotopic (exact) mass is 403 g/mol. The van der Waals surface area contributed by atoms with Crippen LogP contribution in [0.5, 0.6) is 11.5 Å². The molecule has 1 aromatic heterocycles. The van der Waals surface area contributed by atoms with Gasteiger partial charge in [-0.2, -0.15) is 13.6 Å². The molecule has 0 radical (unpaired) electrons. The number of likely N-dealkylation sites (N-methyl/N-ethyl adjacent to an activating group) is 1. The van der Waals surface area contributed by atoms with Crippen molar-refractivity contribution in [3.05, 3.63) is 54.1 Å². The Morgan fingerprint density at radius 3 is 2.62 bits per heavy atom. The van der Waals surface area contributed by atoms with Gasteiger partial charge in [0.05, 0.1) is 7.11 Å². The number of halogens is 2. The molecule has 0 saturated heterocycles. The number of hydrogen-bond acceptors (Lipinski definition) is 6.